The van der Waals surface area contributed by atoms with E-state index in [-0.39, 0.29) is 68.8 Å². The second-order valence-corrected chi connectivity index (χ2v) is 18.3. The first-order valence-electron chi connectivity index (χ1n) is 23.0. The number of nitrogens with zero attached hydrogens (tertiary/aromatic N) is 2. The number of carbonyl (C=O) groups is 11. The maximum atomic E-state index is 14.2. The first kappa shape index (κ1) is 61.6. The zero-order valence-electron chi connectivity index (χ0n) is 41.0. The van der Waals surface area contributed by atoms with Crippen LogP contribution in [0.2, 0.25) is 0 Å². The van der Waals surface area contributed by atoms with E-state index in [9.17, 15) is 63.0 Å². The number of rotatable bonds is 34. The molecule has 0 aliphatic carbocycles. The molecule has 0 saturated heterocycles. The van der Waals surface area contributed by atoms with Gasteiger partial charge in [-0.1, -0.05) is 41.5 Å². The van der Waals surface area contributed by atoms with Gasteiger partial charge in [0.25, 0.3) is 0 Å². The van der Waals surface area contributed by atoms with Crippen molar-refractivity contribution >= 4 is 71.1 Å². The third kappa shape index (κ3) is 25.2. The minimum Gasteiger partial charge on any atom is -0.481 e. The van der Waals surface area contributed by atoms with Gasteiger partial charge < -0.3 is 81.1 Å². The number of carboxylic acid groups (broad SMARTS) is 2. The van der Waals surface area contributed by atoms with Gasteiger partial charge in [-0.25, -0.2) is 9.78 Å². The van der Waals surface area contributed by atoms with Crippen LogP contribution in [0.1, 0.15) is 105 Å². The molecule has 71 heavy (non-hydrogen) atoms. The molecular weight excluding hydrogens is 935 g/mol. The van der Waals surface area contributed by atoms with Crippen LogP contribution in [0.5, 0.6) is 0 Å². The highest BCUT2D eigenvalue weighted by molar-refractivity contribution is 5.99. The summed E-state index contributed by atoms with van der Waals surface area (Å²) >= 11 is 0. The van der Waals surface area contributed by atoms with Crippen LogP contribution >= 0.6 is 0 Å². The molecule has 0 spiro atoms. The highest BCUT2D eigenvalue weighted by Crippen LogP contribution is 2.12. The average molecular weight is 1010 g/mol. The van der Waals surface area contributed by atoms with E-state index in [1.54, 1.807) is 27.7 Å². The molecule has 0 aromatic carbocycles. The van der Waals surface area contributed by atoms with Gasteiger partial charge in [-0.15, -0.1) is 0 Å². The Morgan fingerprint density at radius 1 is 0.563 bits per heavy atom. The highest BCUT2D eigenvalue weighted by atomic mass is 16.4. The van der Waals surface area contributed by atoms with Crippen LogP contribution in [0.3, 0.4) is 0 Å². The molecule has 28 heteroatoms. The molecule has 0 unspecified atom stereocenters. The zero-order chi connectivity index (χ0) is 54.1. The Kier molecular flexibility index (Phi) is 26.9. The van der Waals surface area contributed by atoms with E-state index in [1.165, 1.54) is 12.5 Å². The molecule has 0 aliphatic rings. The summed E-state index contributed by atoms with van der Waals surface area (Å²) in [6, 6.07) is -11.8. The maximum absolute atomic E-state index is 14.2. The van der Waals surface area contributed by atoms with Gasteiger partial charge in [-0.3, -0.25) is 52.9 Å². The van der Waals surface area contributed by atoms with Crippen molar-refractivity contribution < 1.29 is 63.0 Å². The van der Waals surface area contributed by atoms with E-state index in [4.69, 9.17) is 28.7 Å². The van der Waals surface area contributed by atoms with Gasteiger partial charge in [0.05, 0.1) is 25.2 Å². The minimum absolute atomic E-state index is 0.0250. The van der Waals surface area contributed by atoms with Gasteiger partial charge in [0, 0.05) is 31.3 Å². The van der Waals surface area contributed by atoms with Crippen LogP contribution in [-0.2, 0) is 59.2 Å². The number of hydrogen-bond acceptors (Lipinski definition) is 14. The number of imidazole rings is 1. The molecule has 0 saturated carbocycles. The van der Waals surface area contributed by atoms with E-state index in [1.807, 2.05) is 19.2 Å². The minimum atomic E-state index is -1.83. The molecular formula is C43H73N15O13. The van der Waals surface area contributed by atoms with E-state index in [0.29, 0.717) is 5.69 Å². The largest absolute Gasteiger partial charge is 0.481 e. The summed E-state index contributed by atoms with van der Waals surface area (Å²) in [5.41, 5.74) is 27.7. The Labute approximate surface area is 410 Å². The van der Waals surface area contributed by atoms with Crippen LogP contribution in [0.15, 0.2) is 17.5 Å². The second-order valence-electron chi connectivity index (χ2n) is 18.3. The highest BCUT2D eigenvalue weighted by Gasteiger charge is 2.36. The number of carboxylic acids is 2. The number of H-pyrrole nitrogens is 1. The number of hydrogen-bond donors (Lipinski definition) is 15. The third-order valence-corrected chi connectivity index (χ3v) is 10.3. The van der Waals surface area contributed by atoms with E-state index in [0.717, 1.165) is 0 Å². The smallest absolute Gasteiger partial charge is 0.326 e. The molecule has 0 fully saturated rings. The van der Waals surface area contributed by atoms with Crippen molar-refractivity contribution in [2.75, 3.05) is 6.54 Å². The fourth-order valence-electron chi connectivity index (χ4n) is 6.88. The molecule has 28 nitrogen and oxygen atoms in total. The Morgan fingerprint density at radius 3 is 1.42 bits per heavy atom. The molecule has 20 N–H and O–H groups in total. The number of amides is 9. The molecule has 1 rings (SSSR count). The summed E-state index contributed by atoms with van der Waals surface area (Å²) in [6.07, 6.45) is 0.0284. The first-order valence-corrected chi connectivity index (χ1v) is 23.0. The fraction of sp³-hybridized carbons (Fsp3) is 0.651. The van der Waals surface area contributed by atoms with Crippen molar-refractivity contribution in [1.29, 1.82) is 0 Å². The predicted octanol–water partition coefficient (Wildman–Crippen LogP) is -4.43. The number of carbonyl (C=O) groups excluding carboxylic acids is 9. The number of aliphatic imine (C=N–C) groups is 1. The van der Waals surface area contributed by atoms with Crippen LogP contribution < -0.4 is 65.9 Å². The maximum Gasteiger partial charge on any atom is 0.326 e. The summed E-state index contributed by atoms with van der Waals surface area (Å²) in [5, 5.41) is 36.1. The zero-order valence-corrected chi connectivity index (χ0v) is 41.0. The van der Waals surface area contributed by atoms with Crippen molar-refractivity contribution in [2.24, 2.45) is 51.4 Å². The van der Waals surface area contributed by atoms with Gasteiger partial charge in [0.15, 0.2) is 5.96 Å². The number of nitrogens with two attached hydrogens (primary N) is 5. The average Bonchev–Trinajstić information content (AvgIpc) is 3.76. The number of nitrogens with one attached hydrogen (secondary N) is 8. The summed E-state index contributed by atoms with van der Waals surface area (Å²) < 4.78 is 0. The lowest BCUT2D eigenvalue weighted by molar-refractivity contribution is -0.144. The molecule has 0 radical (unpaired) electrons. The van der Waals surface area contributed by atoms with Crippen molar-refractivity contribution in [1.82, 2.24) is 47.2 Å². The molecule has 1 aromatic rings. The Morgan fingerprint density at radius 2 is 0.972 bits per heavy atom. The lowest BCUT2D eigenvalue weighted by Gasteiger charge is -2.28. The lowest BCUT2D eigenvalue weighted by atomic mass is 10.00. The van der Waals surface area contributed by atoms with Crippen LogP contribution in [0.4, 0.5) is 0 Å². The lowest BCUT2D eigenvalue weighted by Crippen LogP contribution is -2.61. The van der Waals surface area contributed by atoms with Gasteiger partial charge in [0.2, 0.25) is 53.2 Å². The standard InChI is InChI=1S/C43H73N15O13/c1-20(2)12-24(44)35(63)52-25(8-7-11-50-43(47)48)36(64)53-26(9-10-34(61)62)37(65)54-27(13-21(3)4)38(66)56-29(15-23-18-49-19-51-23)40(68)55-28(14-22(5)6)39(67)57-30(16-32(45)59)41(69)58-31(42(70)71)17-33(46)60/h18-22,24-31H,7-17,44H2,1-6H3,(H2,45,59)(H2,46,60)(H,49,51)(H,52,63)(H,53,64)(H,54,65)(H,55,68)(H,56,66)(H,57,67)(H,58,69)(H,61,62)(H,70,71)(H4,47,48,50)/t24-,25-,26-,27-,28-,29-,30-,31-/m0/s1. The van der Waals surface area contributed by atoms with Crippen molar-refractivity contribution in [2.45, 2.75) is 154 Å². The van der Waals surface area contributed by atoms with Crippen LogP contribution in [0.25, 0.3) is 0 Å². The van der Waals surface area contributed by atoms with E-state index in [2.05, 4.69) is 46.9 Å². The van der Waals surface area contributed by atoms with Gasteiger partial charge >= 0.3 is 11.9 Å². The molecule has 1 aromatic heterocycles. The Hall–Kier alpha value is -7.39. The number of aromatic amines is 1. The molecule has 1 heterocycles. The normalized spacial score (nSPS) is 14.5. The summed E-state index contributed by atoms with van der Waals surface area (Å²) in [6.45, 7) is 10.6. The molecule has 8 atom stereocenters. The van der Waals surface area contributed by atoms with Gasteiger partial charge in [-0.05, 0) is 56.3 Å². The third-order valence-electron chi connectivity index (χ3n) is 10.3. The van der Waals surface area contributed by atoms with Crippen molar-refractivity contribution in [3.8, 4) is 0 Å². The monoisotopic (exact) mass is 1010 g/mol. The number of aromatic nitrogens is 2. The van der Waals surface area contributed by atoms with Crippen molar-refractivity contribution in [3.05, 3.63) is 18.2 Å². The predicted molar refractivity (Wildman–Crippen MR) is 254 cm³/mol. The first-order chi connectivity index (χ1) is 33.1. The molecule has 0 bridgehead atoms. The Bertz CT molecular complexity index is 2030. The second kappa shape index (κ2) is 31.0. The number of primary amides is 2. The van der Waals surface area contributed by atoms with E-state index >= 15 is 0 Å². The molecule has 9 amide bonds. The van der Waals surface area contributed by atoms with E-state index < -0.39 is 139 Å². The van der Waals surface area contributed by atoms with Gasteiger partial charge in [0.1, 0.15) is 42.3 Å². The quantitative estimate of drug-likeness (QED) is 0.0176. The van der Waals surface area contributed by atoms with Crippen LogP contribution in [-0.4, -0.2) is 146 Å². The summed E-state index contributed by atoms with van der Waals surface area (Å²) in [4.78, 5) is 154. The fourth-order valence-corrected chi connectivity index (χ4v) is 6.88. The van der Waals surface area contributed by atoms with Crippen LogP contribution in [0, 0.1) is 17.8 Å². The number of guanidine groups is 1. The molecule has 0 aliphatic heterocycles. The SMILES string of the molecule is CC(C)C[C@H](NC(=O)[C@H](Cc1cnc[nH]1)NC(=O)[C@H](CC(C)C)NC(=O)[C@H](CCC(=O)O)NC(=O)[C@H](CCCN=C(N)N)NC(=O)[C@@H](N)CC(C)C)C(=O)N[C@@H](CC(N)=O)C(=O)N[C@@H](CC(N)=O)C(=O)O. The summed E-state index contributed by atoms with van der Waals surface area (Å²) in [7, 11) is 0. The number of aliphatic carboxylic acids is 2. The van der Waals surface area contributed by atoms with Gasteiger partial charge in [-0.2, -0.15) is 0 Å². The van der Waals surface area contributed by atoms with Crippen molar-refractivity contribution in [3.63, 3.8) is 0 Å². The summed E-state index contributed by atoms with van der Waals surface area (Å²) in [5.74, 6) is -12.5. The topological polar surface area (TPSA) is 484 Å². The Balaban J connectivity index is 3.55. The molecule has 398 valence electrons.